The summed E-state index contributed by atoms with van der Waals surface area (Å²) in [5.74, 6) is 5.62. The quantitative estimate of drug-likeness (QED) is 0.820. The summed E-state index contributed by atoms with van der Waals surface area (Å²) in [7, 11) is -3.48. The number of nitrogens with two attached hydrogens (primary N) is 1. The zero-order valence-corrected chi connectivity index (χ0v) is 12.9. The Labute approximate surface area is 126 Å². The van der Waals surface area contributed by atoms with Crippen molar-refractivity contribution in [1.82, 2.24) is 4.31 Å². The SMILES string of the molecule is CC1CN(S(=O)(=O)c2ccc(C#CCN)cc2)CCCO1. The molecule has 1 fully saturated rings. The van der Waals surface area contributed by atoms with Crippen LogP contribution in [0.4, 0.5) is 0 Å². The molecule has 6 heteroatoms. The van der Waals surface area contributed by atoms with Crippen LogP contribution in [0.1, 0.15) is 18.9 Å². The third-order valence-corrected chi connectivity index (χ3v) is 5.12. The molecule has 0 bridgehead atoms. The van der Waals surface area contributed by atoms with E-state index in [0.29, 0.717) is 26.1 Å². The zero-order valence-electron chi connectivity index (χ0n) is 12.1. The molecule has 114 valence electrons. The highest BCUT2D eigenvalue weighted by Crippen LogP contribution is 2.19. The average molecular weight is 308 g/mol. The second kappa shape index (κ2) is 7.05. The van der Waals surface area contributed by atoms with Crippen molar-refractivity contribution in [3.05, 3.63) is 29.8 Å². The van der Waals surface area contributed by atoms with Crippen molar-refractivity contribution in [3.63, 3.8) is 0 Å². The van der Waals surface area contributed by atoms with Gasteiger partial charge in [-0.15, -0.1) is 0 Å². The molecule has 0 saturated carbocycles. The Morgan fingerprint density at radius 2 is 2.10 bits per heavy atom. The lowest BCUT2D eigenvalue weighted by Crippen LogP contribution is -2.35. The molecule has 1 unspecified atom stereocenters. The van der Waals surface area contributed by atoms with Gasteiger partial charge >= 0.3 is 0 Å². The Hall–Kier alpha value is -1.39. The van der Waals surface area contributed by atoms with Gasteiger partial charge in [-0.3, -0.25) is 0 Å². The van der Waals surface area contributed by atoms with E-state index < -0.39 is 10.0 Å². The van der Waals surface area contributed by atoms with Crippen molar-refractivity contribution in [2.24, 2.45) is 5.73 Å². The van der Waals surface area contributed by atoms with Gasteiger partial charge in [-0.25, -0.2) is 8.42 Å². The molecule has 21 heavy (non-hydrogen) atoms. The number of benzene rings is 1. The minimum Gasteiger partial charge on any atom is -0.377 e. The topological polar surface area (TPSA) is 72.6 Å². The fraction of sp³-hybridized carbons (Fsp3) is 0.467. The average Bonchev–Trinajstić information content (AvgIpc) is 2.70. The lowest BCUT2D eigenvalue weighted by Gasteiger charge is -2.21. The van der Waals surface area contributed by atoms with Crippen LogP contribution in [0.2, 0.25) is 0 Å². The highest BCUT2D eigenvalue weighted by atomic mass is 32.2. The lowest BCUT2D eigenvalue weighted by molar-refractivity contribution is 0.0752. The monoisotopic (exact) mass is 308 g/mol. The highest BCUT2D eigenvalue weighted by Gasteiger charge is 2.27. The van der Waals surface area contributed by atoms with Gasteiger partial charge in [0.1, 0.15) is 0 Å². The molecule has 2 N–H and O–H groups in total. The van der Waals surface area contributed by atoms with Crippen LogP contribution in [0.25, 0.3) is 0 Å². The van der Waals surface area contributed by atoms with E-state index in [1.54, 1.807) is 24.3 Å². The summed E-state index contributed by atoms with van der Waals surface area (Å²) < 4.78 is 32.2. The Balaban J connectivity index is 2.22. The van der Waals surface area contributed by atoms with Crippen molar-refractivity contribution in [2.45, 2.75) is 24.3 Å². The molecule has 1 aromatic rings. The fourth-order valence-corrected chi connectivity index (χ4v) is 3.74. The molecule has 2 rings (SSSR count). The van der Waals surface area contributed by atoms with Gasteiger partial charge in [-0.05, 0) is 37.6 Å². The summed E-state index contributed by atoms with van der Waals surface area (Å²) in [5.41, 5.74) is 6.07. The molecular weight excluding hydrogens is 288 g/mol. The maximum absolute atomic E-state index is 12.6. The third kappa shape index (κ3) is 4.05. The van der Waals surface area contributed by atoms with E-state index in [-0.39, 0.29) is 17.5 Å². The summed E-state index contributed by atoms with van der Waals surface area (Å²) in [6.07, 6.45) is 0.626. The van der Waals surface area contributed by atoms with E-state index in [9.17, 15) is 8.42 Å². The first-order valence-corrected chi connectivity index (χ1v) is 8.39. The van der Waals surface area contributed by atoms with Gasteiger partial charge in [0.05, 0.1) is 17.5 Å². The first kappa shape index (κ1) is 16.0. The van der Waals surface area contributed by atoms with Gasteiger partial charge in [-0.2, -0.15) is 4.31 Å². The van der Waals surface area contributed by atoms with Crippen LogP contribution in [-0.4, -0.2) is 45.1 Å². The summed E-state index contributed by atoms with van der Waals surface area (Å²) in [6, 6.07) is 6.58. The van der Waals surface area contributed by atoms with Crippen LogP contribution < -0.4 is 5.73 Å². The molecule has 1 aliphatic rings. The number of hydrogen-bond donors (Lipinski definition) is 1. The van der Waals surface area contributed by atoms with E-state index in [2.05, 4.69) is 11.8 Å². The predicted octanol–water partition coefficient (Wildman–Crippen LogP) is 0.796. The summed E-state index contributed by atoms with van der Waals surface area (Å²) in [5, 5.41) is 0. The number of nitrogens with zero attached hydrogens (tertiary/aromatic N) is 1. The van der Waals surface area contributed by atoms with Gasteiger partial charge in [0.2, 0.25) is 10.0 Å². The second-order valence-electron chi connectivity index (χ2n) is 4.93. The van der Waals surface area contributed by atoms with E-state index in [0.717, 1.165) is 5.56 Å². The molecule has 1 heterocycles. The molecule has 0 aromatic heterocycles. The summed E-state index contributed by atoms with van der Waals surface area (Å²) in [4.78, 5) is 0.287. The molecule has 0 spiro atoms. The third-order valence-electron chi connectivity index (χ3n) is 3.24. The molecule has 1 atom stereocenters. The van der Waals surface area contributed by atoms with Crippen molar-refractivity contribution in [2.75, 3.05) is 26.2 Å². The molecule has 0 amide bonds. The van der Waals surface area contributed by atoms with Gasteiger partial charge in [0, 0.05) is 25.3 Å². The van der Waals surface area contributed by atoms with Crippen LogP contribution in [0, 0.1) is 11.8 Å². The molecule has 1 aromatic carbocycles. The van der Waals surface area contributed by atoms with Crippen molar-refractivity contribution in [3.8, 4) is 11.8 Å². The normalized spacial score (nSPS) is 20.4. The minimum absolute atomic E-state index is 0.0861. The van der Waals surface area contributed by atoms with Gasteiger partial charge < -0.3 is 10.5 Å². The number of rotatable bonds is 2. The Bertz CT molecular complexity index is 629. The predicted molar refractivity (Wildman–Crippen MR) is 81.2 cm³/mol. The van der Waals surface area contributed by atoms with E-state index >= 15 is 0 Å². The van der Waals surface area contributed by atoms with Gasteiger partial charge in [-0.1, -0.05) is 11.8 Å². The van der Waals surface area contributed by atoms with Crippen molar-refractivity contribution < 1.29 is 13.2 Å². The summed E-state index contributed by atoms with van der Waals surface area (Å²) >= 11 is 0. The van der Waals surface area contributed by atoms with E-state index in [4.69, 9.17) is 10.5 Å². The molecule has 5 nitrogen and oxygen atoms in total. The Morgan fingerprint density at radius 3 is 2.76 bits per heavy atom. The molecule has 1 saturated heterocycles. The van der Waals surface area contributed by atoms with E-state index in [1.807, 2.05) is 6.92 Å². The fourth-order valence-electron chi connectivity index (χ4n) is 2.19. The maximum Gasteiger partial charge on any atom is 0.243 e. The lowest BCUT2D eigenvalue weighted by atomic mass is 10.2. The Kier molecular flexibility index (Phi) is 5.37. The first-order valence-electron chi connectivity index (χ1n) is 6.95. The minimum atomic E-state index is -3.48. The van der Waals surface area contributed by atoms with Crippen LogP contribution in [0.15, 0.2) is 29.2 Å². The molecular formula is C15H20N2O3S. The van der Waals surface area contributed by atoms with Crippen LogP contribution >= 0.6 is 0 Å². The van der Waals surface area contributed by atoms with Crippen molar-refractivity contribution >= 4 is 10.0 Å². The molecule has 1 aliphatic heterocycles. The Morgan fingerprint density at radius 1 is 1.38 bits per heavy atom. The van der Waals surface area contributed by atoms with Crippen molar-refractivity contribution in [1.29, 1.82) is 0 Å². The number of hydrogen-bond acceptors (Lipinski definition) is 4. The maximum atomic E-state index is 12.6. The number of ether oxygens (including phenoxy) is 1. The van der Waals surface area contributed by atoms with E-state index in [1.165, 1.54) is 4.31 Å². The highest BCUT2D eigenvalue weighted by molar-refractivity contribution is 7.89. The standard InChI is InChI=1S/C15H20N2O3S/c1-13-12-17(10-3-11-20-13)21(18,19)15-7-5-14(6-8-15)4-2-9-16/h5-8,13H,3,9-12,16H2,1H3. The smallest absolute Gasteiger partial charge is 0.243 e. The first-order chi connectivity index (χ1) is 10.0. The summed E-state index contributed by atoms with van der Waals surface area (Å²) in [6.45, 7) is 3.64. The van der Waals surface area contributed by atoms with Crippen LogP contribution in [0.3, 0.4) is 0 Å². The second-order valence-corrected chi connectivity index (χ2v) is 6.87. The van der Waals surface area contributed by atoms with Crippen LogP contribution in [-0.2, 0) is 14.8 Å². The van der Waals surface area contributed by atoms with Gasteiger partial charge in [0.15, 0.2) is 0 Å². The van der Waals surface area contributed by atoms with Crippen LogP contribution in [0.5, 0.6) is 0 Å². The number of sulfonamides is 1. The largest absolute Gasteiger partial charge is 0.377 e. The zero-order chi connectivity index (χ0) is 15.3. The molecule has 0 aliphatic carbocycles. The van der Waals surface area contributed by atoms with Gasteiger partial charge in [0.25, 0.3) is 0 Å². The molecule has 0 radical (unpaired) electrons.